The molecule has 3 rings (SSSR count). The molecule has 0 fully saturated rings. The third kappa shape index (κ3) is 16.8. The summed E-state index contributed by atoms with van der Waals surface area (Å²) in [5.41, 5.74) is 2.96. The number of ether oxygens (including phenoxy) is 2. The van der Waals surface area contributed by atoms with Gasteiger partial charge in [-0.05, 0) is 69.9 Å². The van der Waals surface area contributed by atoms with Crippen molar-refractivity contribution in [3.8, 4) is 17.2 Å². The van der Waals surface area contributed by atoms with Crippen molar-refractivity contribution < 1.29 is 9.47 Å². The zero-order valence-corrected chi connectivity index (χ0v) is 30.5. The van der Waals surface area contributed by atoms with Crippen molar-refractivity contribution in [1.29, 1.82) is 0 Å². The molecule has 0 bridgehead atoms. The van der Waals surface area contributed by atoms with Crippen LogP contribution in [0.2, 0.25) is 0 Å². The monoisotopic (exact) mass is 660 g/mol. The van der Waals surface area contributed by atoms with Crippen molar-refractivity contribution in [2.45, 2.75) is 129 Å². The van der Waals surface area contributed by atoms with Gasteiger partial charge in [0.2, 0.25) is 5.43 Å². The summed E-state index contributed by atoms with van der Waals surface area (Å²) in [6.45, 7) is 5.90. The second-order valence-electron chi connectivity index (χ2n) is 13.6. The minimum absolute atomic E-state index is 0.0596. The molecule has 0 unspecified atom stereocenters. The van der Waals surface area contributed by atoms with E-state index in [1.165, 1.54) is 89.9 Å². The predicted molar refractivity (Wildman–Crippen MR) is 203 cm³/mol. The van der Waals surface area contributed by atoms with Gasteiger partial charge in [0.15, 0.2) is 5.75 Å². The lowest BCUT2D eigenvalue weighted by atomic mass is 10.0. The van der Waals surface area contributed by atoms with Crippen LogP contribution >= 0.6 is 0 Å². The number of aromatic nitrogens is 1. The fraction of sp³-hybridized carbons (Fsp3) is 0.595. The first-order valence-corrected chi connectivity index (χ1v) is 19.1. The second kappa shape index (κ2) is 25.0. The van der Waals surface area contributed by atoms with Gasteiger partial charge in [0, 0.05) is 24.0 Å². The van der Waals surface area contributed by atoms with Gasteiger partial charge in [0.25, 0.3) is 0 Å². The SMILES string of the molecule is CCCCCCCCCCCCCCCCCCOc1cn(-c2ccc(OCc3ccccc3)cc2)c(CNCCCN(C)C)cc1=O. The third-order valence-corrected chi connectivity index (χ3v) is 8.98. The zero-order valence-electron chi connectivity index (χ0n) is 30.5. The number of hydrogen-bond acceptors (Lipinski definition) is 5. The summed E-state index contributed by atoms with van der Waals surface area (Å²) in [5, 5.41) is 3.52. The molecule has 266 valence electrons. The van der Waals surface area contributed by atoms with E-state index in [2.05, 4.69) is 47.9 Å². The largest absolute Gasteiger partial charge is 0.489 e. The number of unbranched alkanes of at least 4 members (excludes halogenated alkanes) is 15. The highest BCUT2D eigenvalue weighted by Gasteiger charge is 2.11. The van der Waals surface area contributed by atoms with Crippen LogP contribution in [0.1, 0.15) is 127 Å². The van der Waals surface area contributed by atoms with E-state index in [0.717, 1.165) is 55.0 Å². The van der Waals surface area contributed by atoms with E-state index in [0.29, 0.717) is 25.5 Å². The lowest BCUT2D eigenvalue weighted by Gasteiger charge is -2.17. The molecule has 6 nitrogen and oxygen atoms in total. The predicted octanol–water partition coefficient (Wildman–Crippen LogP) is 10.1. The van der Waals surface area contributed by atoms with Gasteiger partial charge in [-0.1, -0.05) is 134 Å². The zero-order chi connectivity index (χ0) is 34.1. The van der Waals surface area contributed by atoms with Crippen LogP contribution in [0.15, 0.2) is 71.7 Å². The highest BCUT2D eigenvalue weighted by Crippen LogP contribution is 2.20. The molecule has 0 aliphatic heterocycles. The van der Waals surface area contributed by atoms with Gasteiger partial charge < -0.3 is 24.3 Å². The Hall–Kier alpha value is -3.09. The van der Waals surface area contributed by atoms with Crippen LogP contribution in [0.25, 0.3) is 5.69 Å². The Morgan fingerprint density at radius 3 is 1.85 bits per heavy atom. The first-order chi connectivity index (χ1) is 23.6. The van der Waals surface area contributed by atoms with E-state index in [1.54, 1.807) is 6.07 Å². The molecule has 48 heavy (non-hydrogen) atoms. The van der Waals surface area contributed by atoms with Gasteiger partial charge >= 0.3 is 0 Å². The van der Waals surface area contributed by atoms with Crippen molar-refractivity contribution in [2.24, 2.45) is 0 Å². The summed E-state index contributed by atoms with van der Waals surface area (Å²) < 4.78 is 14.2. The standard InChI is InChI=1S/C42H65N3O3/c1-4-5-6-7-8-9-10-11-12-13-14-15-16-17-18-22-32-47-42-35-45(39(33-41(42)46)34-43-30-23-31-44(2)3)38-26-28-40(29-27-38)48-36-37-24-20-19-21-25-37/h19-21,24-29,33,35,43H,4-18,22-23,30-32,34,36H2,1-3H3. The van der Waals surface area contributed by atoms with Gasteiger partial charge in [-0.2, -0.15) is 0 Å². The first-order valence-electron chi connectivity index (χ1n) is 19.1. The van der Waals surface area contributed by atoms with Crippen molar-refractivity contribution >= 4 is 0 Å². The van der Waals surface area contributed by atoms with Crippen LogP contribution in [0.3, 0.4) is 0 Å². The van der Waals surface area contributed by atoms with Crippen LogP contribution in [-0.2, 0) is 13.2 Å². The Bertz CT molecular complexity index is 1270. The summed E-state index contributed by atoms with van der Waals surface area (Å²) in [7, 11) is 4.17. The summed E-state index contributed by atoms with van der Waals surface area (Å²) in [6, 6.07) is 20.0. The maximum atomic E-state index is 13.1. The van der Waals surface area contributed by atoms with Crippen LogP contribution < -0.4 is 20.2 Å². The molecule has 0 saturated heterocycles. The first kappa shape index (κ1) is 39.3. The Kier molecular flexibility index (Phi) is 20.5. The summed E-state index contributed by atoms with van der Waals surface area (Å²) in [6.07, 6.45) is 24.3. The molecule has 0 aliphatic rings. The van der Waals surface area contributed by atoms with Crippen molar-refractivity contribution in [2.75, 3.05) is 33.8 Å². The van der Waals surface area contributed by atoms with Crippen LogP contribution in [0, 0.1) is 0 Å². The van der Waals surface area contributed by atoms with E-state index >= 15 is 0 Å². The summed E-state index contributed by atoms with van der Waals surface area (Å²) in [4.78, 5) is 15.3. The summed E-state index contributed by atoms with van der Waals surface area (Å²) in [5.74, 6) is 1.23. The maximum Gasteiger partial charge on any atom is 0.223 e. The molecule has 6 heteroatoms. The molecule has 0 atom stereocenters. The van der Waals surface area contributed by atoms with Crippen molar-refractivity contribution in [3.05, 3.63) is 88.3 Å². The molecule has 0 amide bonds. The van der Waals surface area contributed by atoms with Crippen LogP contribution in [-0.4, -0.2) is 43.3 Å². The Balaban J connectivity index is 1.41. The number of rotatable bonds is 28. The molecule has 0 aliphatic carbocycles. The Labute approximate surface area is 292 Å². The van der Waals surface area contributed by atoms with Crippen LogP contribution in [0.5, 0.6) is 11.5 Å². The van der Waals surface area contributed by atoms with E-state index in [1.807, 2.05) is 48.7 Å². The summed E-state index contributed by atoms with van der Waals surface area (Å²) >= 11 is 0. The molecular formula is C42H65N3O3. The number of pyridine rings is 1. The average molecular weight is 660 g/mol. The van der Waals surface area contributed by atoms with Crippen molar-refractivity contribution in [3.63, 3.8) is 0 Å². The van der Waals surface area contributed by atoms with Gasteiger partial charge in [-0.3, -0.25) is 4.79 Å². The molecule has 1 N–H and O–H groups in total. The maximum absolute atomic E-state index is 13.1. The van der Waals surface area contributed by atoms with Gasteiger partial charge in [0.05, 0.1) is 12.8 Å². The minimum atomic E-state index is -0.0596. The second-order valence-corrected chi connectivity index (χ2v) is 13.6. The Morgan fingerprint density at radius 2 is 1.27 bits per heavy atom. The lowest BCUT2D eigenvalue weighted by molar-refractivity contribution is 0.299. The number of benzene rings is 2. The van der Waals surface area contributed by atoms with E-state index in [9.17, 15) is 4.79 Å². The third-order valence-electron chi connectivity index (χ3n) is 8.98. The molecule has 0 saturated carbocycles. The van der Waals surface area contributed by atoms with Gasteiger partial charge in [-0.15, -0.1) is 0 Å². The van der Waals surface area contributed by atoms with E-state index in [4.69, 9.17) is 9.47 Å². The lowest BCUT2D eigenvalue weighted by Crippen LogP contribution is -2.24. The fourth-order valence-corrected chi connectivity index (χ4v) is 6.05. The average Bonchev–Trinajstić information content (AvgIpc) is 3.10. The molecule has 0 spiro atoms. The molecule has 0 radical (unpaired) electrons. The quantitative estimate of drug-likeness (QED) is 0.0787. The van der Waals surface area contributed by atoms with Gasteiger partial charge in [-0.25, -0.2) is 0 Å². The molecule has 3 aromatic rings. The molecule has 1 heterocycles. The minimum Gasteiger partial charge on any atom is -0.489 e. The van der Waals surface area contributed by atoms with Gasteiger partial charge in [0.1, 0.15) is 12.4 Å². The van der Waals surface area contributed by atoms with Crippen LogP contribution in [0.4, 0.5) is 0 Å². The molecule has 2 aromatic carbocycles. The highest BCUT2D eigenvalue weighted by atomic mass is 16.5. The molecular weight excluding hydrogens is 594 g/mol. The smallest absolute Gasteiger partial charge is 0.223 e. The van der Waals surface area contributed by atoms with Crippen molar-refractivity contribution in [1.82, 2.24) is 14.8 Å². The Morgan fingerprint density at radius 1 is 0.688 bits per heavy atom. The van der Waals surface area contributed by atoms with E-state index < -0.39 is 0 Å². The number of nitrogens with one attached hydrogen (secondary N) is 1. The molecule has 1 aromatic heterocycles. The number of nitrogens with zero attached hydrogens (tertiary/aromatic N) is 2. The number of hydrogen-bond donors (Lipinski definition) is 1. The van der Waals surface area contributed by atoms with E-state index in [-0.39, 0.29) is 5.43 Å². The normalized spacial score (nSPS) is 11.3. The highest BCUT2D eigenvalue weighted by molar-refractivity contribution is 5.41. The fourth-order valence-electron chi connectivity index (χ4n) is 6.05. The topological polar surface area (TPSA) is 55.7 Å².